The summed E-state index contributed by atoms with van der Waals surface area (Å²) < 4.78 is 39.0. The Morgan fingerprint density at radius 1 is 0.906 bits per heavy atom. The van der Waals surface area contributed by atoms with Crippen molar-refractivity contribution in [2.75, 3.05) is 31.6 Å². The molecule has 2 aromatic rings. The molecule has 1 saturated heterocycles. The van der Waals surface area contributed by atoms with Gasteiger partial charge >= 0.3 is 0 Å². The van der Waals surface area contributed by atoms with Gasteiger partial charge < -0.3 is 14.8 Å². The van der Waals surface area contributed by atoms with Crippen molar-refractivity contribution in [1.82, 2.24) is 4.31 Å². The third-order valence-corrected chi connectivity index (χ3v) is 8.44. The second-order valence-electron chi connectivity index (χ2n) is 8.66. The second kappa shape index (κ2) is 8.75. The average Bonchev–Trinajstić information content (AvgIpc) is 3.14. The van der Waals surface area contributed by atoms with E-state index in [4.69, 9.17) is 9.47 Å². The summed E-state index contributed by atoms with van der Waals surface area (Å²) in [6, 6.07) is 10.9. The van der Waals surface area contributed by atoms with Crippen LogP contribution in [0.3, 0.4) is 0 Å². The van der Waals surface area contributed by atoms with Crippen LogP contribution in [0.1, 0.15) is 36.8 Å². The Hall–Kier alpha value is -2.58. The van der Waals surface area contributed by atoms with Crippen LogP contribution < -0.4 is 14.8 Å². The Labute approximate surface area is 188 Å². The van der Waals surface area contributed by atoms with E-state index in [-0.39, 0.29) is 16.7 Å². The molecule has 1 amide bonds. The molecule has 1 N–H and O–H groups in total. The fraction of sp³-hybridized carbons (Fsp3) is 0.458. The van der Waals surface area contributed by atoms with E-state index in [1.807, 2.05) is 6.07 Å². The minimum absolute atomic E-state index is 0.0319. The summed E-state index contributed by atoms with van der Waals surface area (Å²) in [6.07, 6.45) is 5.11. The van der Waals surface area contributed by atoms with Crippen LogP contribution in [0.15, 0.2) is 41.3 Å². The van der Waals surface area contributed by atoms with Gasteiger partial charge in [0.05, 0.1) is 18.1 Å². The SMILES string of the molecule is O=C(Nc1ccc2c(c1)CCC2)C1CCN(S(=O)(=O)c2ccc3c(c2)OCCCO3)CC1. The van der Waals surface area contributed by atoms with Crippen molar-refractivity contribution in [3.8, 4) is 11.5 Å². The number of hydrogen-bond donors (Lipinski definition) is 1. The predicted molar refractivity (Wildman–Crippen MR) is 121 cm³/mol. The normalized spacial score (nSPS) is 19.2. The van der Waals surface area contributed by atoms with E-state index < -0.39 is 10.0 Å². The van der Waals surface area contributed by atoms with E-state index >= 15 is 0 Å². The zero-order valence-electron chi connectivity index (χ0n) is 18.0. The minimum Gasteiger partial charge on any atom is -0.490 e. The largest absolute Gasteiger partial charge is 0.490 e. The molecule has 5 rings (SSSR count). The molecule has 0 spiro atoms. The lowest BCUT2D eigenvalue weighted by Crippen LogP contribution is -2.41. The number of hydrogen-bond acceptors (Lipinski definition) is 5. The Balaban J connectivity index is 1.22. The van der Waals surface area contributed by atoms with Gasteiger partial charge in [-0.2, -0.15) is 4.31 Å². The fourth-order valence-corrected chi connectivity index (χ4v) is 6.19. The lowest BCUT2D eigenvalue weighted by molar-refractivity contribution is -0.120. The van der Waals surface area contributed by atoms with Crippen LogP contribution in [-0.2, 0) is 27.7 Å². The number of rotatable bonds is 4. The quantitative estimate of drug-likeness (QED) is 0.763. The molecule has 0 saturated carbocycles. The summed E-state index contributed by atoms with van der Waals surface area (Å²) in [4.78, 5) is 13.0. The molecule has 7 nitrogen and oxygen atoms in total. The van der Waals surface area contributed by atoms with Crippen LogP contribution in [0.2, 0.25) is 0 Å². The molecule has 1 fully saturated rings. The minimum atomic E-state index is -3.66. The number of nitrogens with one attached hydrogen (secondary N) is 1. The van der Waals surface area contributed by atoms with E-state index in [1.54, 1.807) is 18.2 Å². The number of amides is 1. The Kier molecular flexibility index (Phi) is 5.82. The Bertz CT molecular complexity index is 1120. The summed E-state index contributed by atoms with van der Waals surface area (Å²) in [5, 5.41) is 3.03. The molecule has 3 aliphatic rings. The summed E-state index contributed by atoms with van der Waals surface area (Å²) >= 11 is 0. The molecule has 2 aliphatic heterocycles. The smallest absolute Gasteiger partial charge is 0.243 e. The van der Waals surface area contributed by atoms with Gasteiger partial charge in [0.25, 0.3) is 0 Å². The molecule has 0 atom stereocenters. The number of nitrogens with zero attached hydrogens (tertiary/aromatic N) is 1. The van der Waals surface area contributed by atoms with Crippen LogP contribution >= 0.6 is 0 Å². The number of aryl methyl sites for hydroxylation is 2. The zero-order chi connectivity index (χ0) is 22.1. The van der Waals surface area contributed by atoms with Crippen molar-refractivity contribution in [3.63, 3.8) is 0 Å². The highest BCUT2D eigenvalue weighted by atomic mass is 32.2. The molecule has 2 aromatic carbocycles. The standard InChI is InChI=1S/C24H28N2O5S/c27-24(25-20-6-5-17-3-1-4-19(17)15-20)18-9-11-26(12-10-18)32(28,29)21-7-8-22-23(16-21)31-14-2-13-30-22/h5-8,15-16,18H,1-4,9-14H2,(H,25,27). The molecule has 32 heavy (non-hydrogen) atoms. The zero-order valence-corrected chi connectivity index (χ0v) is 18.8. The maximum atomic E-state index is 13.2. The Morgan fingerprint density at radius 2 is 1.66 bits per heavy atom. The van der Waals surface area contributed by atoms with Gasteiger partial charge in [-0.25, -0.2) is 8.42 Å². The third kappa shape index (κ3) is 4.21. The van der Waals surface area contributed by atoms with Gasteiger partial charge in [0, 0.05) is 37.2 Å². The molecule has 0 bridgehead atoms. The second-order valence-corrected chi connectivity index (χ2v) is 10.6. The molecule has 0 radical (unpaired) electrons. The first kappa shape index (κ1) is 21.3. The number of piperidine rings is 1. The topological polar surface area (TPSA) is 84.9 Å². The molecule has 0 aromatic heterocycles. The van der Waals surface area contributed by atoms with Gasteiger partial charge in [0.1, 0.15) is 0 Å². The molecule has 170 valence electrons. The molecule has 0 unspecified atom stereocenters. The average molecular weight is 457 g/mol. The molecular weight excluding hydrogens is 428 g/mol. The van der Waals surface area contributed by atoms with Crippen molar-refractivity contribution < 1.29 is 22.7 Å². The number of benzene rings is 2. The van der Waals surface area contributed by atoms with Crippen molar-refractivity contribution in [1.29, 1.82) is 0 Å². The summed E-state index contributed by atoms with van der Waals surface area (Å²) in [7, 11) is -3.66. The van der Waals surface area contributed by atoms with Gasteiger partial charge in [-0.05, 0) is 67.5 Å². The third-order valence-electron chi connectivity index (χ3n) is 6.55. The van der Waals surface area contributed by atoms with E-state index in [2.05, 4.69) is 17.4 Å². The molecular formula is C24H28N2O5S. The van der Waals surface area contributed by atoms with Crippen molar-refractivity contribution >= 4 is 21.6 Å². The maximum Gasteiger partial charge on any atom is 0.243 e. The van der Waals surface area contributed by atoms with Crippen LogP contribution in [0.5, 0.6) is 11.5 Å². The molecule has 8 heteroatoms. The van der Waals surface area contributed by atoms with E-state index in [1.165, 1.54) is 21.9 Å². The summed E-state index contributed by atoms with van der Waals surface area (Å²) in [6.45, 7) is 1.69. The highest BCUT2D eigenvalue weighted by Crippen LogP contribution is 2.34. The molecule has 2 heterocycles. The lowest BCUT2D eigenvalue weighted by atomic mass is 9.97. The first-order chi connectivity index (χ1) is 15.5. The van der Waals surface area contributed by atoms with E-state index in [9.17, 15) is 13.2 Å². The summed E-state index contributed by atoms with van der Waals surface area (Å²) in [5.41, 5.74) is 3.52. The fourth-order valence-electron chi connectivity index (χ4n) is 4.71. The maximum absolute atomic E-state index is 13.2. The van der Waals surface area contributed by atoms with Crippen LogP contribution in [0.4, 0.5) is 5.69 Å². The summed E-state index contributed by atoms with van der Waals surface area (Å²) in [5.74, 6) is 0.810. The first-order valence-corrected chi connectivity index (χ1v) is 12.8. The molecule has 1 aliphatic carbocycles. The number of fused-ring (bicyclic) bond motifs is 2. The van der Waals surface area contributed by atoms with Crippen molar-refractivity contribution in [3.05, 3.63) is 47.5 Å². The number of carbonyl (C=O) groups is 1. The van der Waals surface area contributed by atoms with Crippen LogP contribution in [0, 0.1) is 5.92 Å². The number of sulfonamides is 1. The highest BCUT2D eigenvalue weighted by molar-refractivity contribution is 7.89. The lowest BCUT2D eigenvalue weighted by Gasteiger charge is -2.30. The van der Waals surface area contributed by atoms with Crippen LogP contribution in [0.25, 0.3) is 0 Å². The first-order valence-electron chi connectivity index (χ1n) is 11.3. The van der Waals surface area contributed by atoms with E-state index in [0.29, 0.717) is 50.6 Å². The number of anilines is 1. The number of ether oxygens (including phenoxy) is 2. The monoisotopic (exact) mass is 456 g/mol. The van der Waals surface area contributed by atoms with Crippen molar-refractivity contribution in [2.24, 2.45) is 5.92 Å². The number of carbonyl (C=O) groups excluding carboxylic acids is 1. The predicted octanol–water partition coefficient (Wildman–Crippen LogP) is 3.38. The van der Waals surface area contributed by atoms with E-state index in [0.717, 1.165) is 24.9 Å². The van der Waals surface area contributed by atoms with Gasteiger partial charge in [-0.1, -0.05) is 6.07 Å². The van der Waals surface area contributed by atoms with Gasteiger partial charge in [-0.15, -0.1) is 0 Å². The highest BCUT2D eigenvalue weighted by Gasteiger charge is 2.33. The van der Waals surface area contributed by atoms with Gasteiger partial charge in [0.15, 0.2) is 11.5 Å². The Morgan fingerprint density at radius 3 is 2.47 bits per heavy atom. The van der Waals surface area contributed by atoms with Gasteiger partial charge in [0.2, 0.25) is 15.9 Å². The van der Waals surface area contributed by atoms with Crippen molar-refractivity contribution in [2.45, 2.75) is 43.4 Å². The van der Waals surface area contributed by atoms with Gasteiger partial charge in [-0.3, -0.25) is 4.79 Å². The van der Waals surface area contributed by atoms with Crippen LogP contribution in [-0.4, -0.2) is 44.9 Å².